The Morgan fingerprint density at radius 1 is 1.08 bits per heavy atom. The summed E-state index contributed by atoms with van der Waals surface area (Å²) in [5.74, 6) is 0.000777. The topological polar surface area (TPSA) is 125 Å². The zero-order valence-corrected chi connectivity index (χ0v) is 20.3. The molecule has 3 aromatic rings. The van der Waals surface area contributed by atoms with E-state index in [9.17, 15) is 13.6 Å². The molecule has 6 N–H and O–H groups in total. The highest BCUT2D eigenvalue weighted by molar-refractivity contribution is 6.04. The number of hydrogen-bond donors (Lipinski definition) is 4. The lowest BCUT2D eigenvalue weighted by molar-refractivity contribution is 0.258. The summed E-state index contributed by atoms with van der Waals surface area (Å²) in [5.41, 5.74) is 14.1. The van der Waals surface area contributed by atoms with Gasteiger partial charge in [-0.1, -0.05) is 12.1 Å². The van der Waals surface area contributed by atoms with Gasteiger partial charge in [-0.25, -0.2) is 13.8 Å². The van der Waals surface area contributed by atoms with Crippen LogP contribution >= 0.6 is 0 Å². The molecule has 36 heavy (non-hydrogen) atoms. The lowest BCUT2D eigenvalue weighted by Crippen LogP contribution is -2.28. The van der Waals surface area contributed by atoms with E-state index in [-0.39, 0.29) is 17.3 Å². The Morgan fingerprint density at radius 3 is 2.50 bits per heavy atom. The number of aryl methyl sites for hydroxylation is 1. The van der Waals surface area contributed by atoms with E-state index in [1.54, 1.807) is 25.1 Å². The van der Waals surface area contributed by atoms with Crippen LogP contribution in [0.3, 0.4) is 0 Å². The van der Waals surface area contributed by atoms with E-state index in [1.165, 1.54) is 18.3 Å². The number of aromatic nitrogens is 2. The van der Waals surface area contributed by atoms with Gasteiger partial charge in [0.15, 0.2) is 0 Å². The summed E-state index contributed by atoms with van der Waals surface area (Å²) in [7, 11) is 0. The first-order chi connectivity index (χ1) is 17.4. The first-order valence-electron chi connectivity index (χ1n) is 12.0. The van der Waals surface area contributed by atoms with Crippen LogP contribution < -0.4 is 22.3 Å². The Morgan fingerprint density at radius 2 is 1.83 bits per heavy atom. The molecule has 0 saturated carbocycles. The number of benzene rings is 2. The predicted molar refractivity (Wildman–Crippen MR) is 138 cm³/mol. The first-order valence-corrected chi connectivity index (χ1v) is 12.0. The number of nitrogens with zero attached hydrogens (tertiary/aromatic N) is 3. The number of halogens is 2. The SMILES string of the molecule is Cc1cc2c(cc1F)CC(=Nc1ncc(-c3ccc(CN(CCCN)CCCN)c(F)c3)c(=O)[nH]1)N2. The number of nitrogens with one attached hydrogen (secondary N) is 2. The van der Waals surface area contributed by atoms with Gasteiger partial charge in [0.25, 0.3) is 5.56 Å². The smallest absolute Gasteiger partial charge is 0.260 e. The lowest BCUT2D eigenvalue weighted by atomic mass is 10.1. The van der Waals surface area contributed by atoms with Crippen LogP contribution in [0.4, 0.5) is 20.4 Å². The van der Waals surface area contributed by atoms with Crippen molar-refractivity contribution < 1.29 is 8.78 Å². The summed E-state index contributed by atoms with van der Waals surface area (Å²) in [6.07, 6.45) is 3.42. The third kappa shape index (κ3) is 6.01. The summed E-state index contributed by atoms with van der Waals surface area (Å²) < 4.78 is 28.8. The molecule has 0 spiro atoms. The van der Waals surface area contributed by atoms with E-state index in [4.69, 9.17) is 11.5 Å². The van der Waals surface area contributed by atoms with Crippen LogP contribution in [0.2, 0.25) is 0 Å². The van der Waals surface area contributed by atoms with E-state index in [0.29, 0.717) is 48.6 Å². The Bertz CT molecular complexity index is 1280. The Balaban J connectivity index is 1.49. The fraction of sp³-hybridized carbons (Fsp3) is 0.346. The van der Waals surface area contributed by atoms with Gasteiger partial charge in [-0.2, -0.15) is 4.99 Å². The van der Waals surface area contributed by atoms with Crippen LogP contribution in [-0.4, -0.2) is 46.9 Å². The van der Waals surface area contributed by atoms with Gasteiger partial charge in [0, 0.05) is 30.4 Å². The summed E-state index contributed by atoms with van der Waals surface area (Å²) in [6, 6.07) is 7.96. The van der Waals surface area contributed by atoms with Crippen LogP contribution in [0, 0.1) is 18.6 Å². The number of anilines is 1. The van der Waals surface area contributed by atoms with E-state index in [0.717, 1.165) is 37.2 Å². The fourth-order valence-electron chi connectivity index (χ4n) is 4.19. The minimum absolute atomic E-state index is 0.115. The Hall–Kier alpha value is -3.47. The van der Waals surface area contributed by atoms with Crippen molar-refractivity contribution in [1.82, 2.24) is 14.9 Å². The van der Waals surface area contributed by atoms with Crippen molar-refractivity contribution in [3.8, 4) is 11.1 Å². The largest absolute Gasteiger partial charge is 0.343 e. The molecule has 0 saturated heterocycles. The molecule has 2 heterocycles. The average molecular weight is 496 g/mol. The molecule has 1 aliphatic heterocycles. The fourth-order valence-corrected chi connectivity index (χ4v) is 4.19. The summed E-state index contributed by atoms with van der Waals surface area (Å²) >= 11 is 0. The number of nitrogens with two attached hydrogens (primary N) is 2. The minimum atomic E-state index is -0.429. The maximum absolute atomic E-state index is 14.9. The molecule has 190 valence electrons. The van der Waals surface area contributed by atoms with Crippen molar-refractivity contribution >= 4 is 17.5 Å². The van der Waals surface area contributed by atoms with E-state index < -0.39 is 11.4 Å². The van der Waals surface area contributed by atoms with Crippen LogP contribution in [0.1, 0.15) is 29.5 Å². The number of rotatable bonds is 10. The second-order valence-corrected chi connectivity index (χ2v) is 8.94. The van der Waals surface area contributed by atoms with Crippen molar-refractivity contribution in [3.63, 3.8) is 0 Å². The number of amidine groups is 1. The molecular formula is C26H31F2N7O. The molecular weight excluding hydrogens is 464 g/mol. The average Bonchev–Trinajstić information content (AvgIpc) is 3.22. The van der Waals surface area contributed by atoms with Gasteiger partial charge < -0.3 is 16.8 Å². The number of fused-ring (bicyclic) bond motifs is 1. The maximum Gasteiger partial charge on any atom is 0.260 e. The van der Waals surface area contributed by atoms with Gasteiger partial charge >= 0.3 is 0 Å². The quantitative estimate of drug-likeness (QED) is 0.342. The van der Waals surface area contributed by atoms with Crippen molar-refractivity contribution in [2.45, 2.75) is 32.7 Å². The van der Waals surface area contributed by atoms with E-state index in [1.807, 2.05) is 0 Å². The van der Waals surface area contributed by atoms with Crippen molar-refractivity contribution in [1.29, 1.82) is 0 Å². The molecule has 10 heteroatoms. The molecule has 0 atom stereocenters. The maximum atomic E-state index is 14.9. The highest BCUT2D eigenvalue weighted by Crippen LogP contribution is 2.27. The Labute approximate surface area is 208 Å². The molecule has 1 aliphatic rings. The van der Waals surface area contributed by atoms with Gasteiger partial charge in [-0.05, 0) is 80.8 Å². The second-order valence-electron chi connectivity index (χ2n) is 8.94. The molecule has 2 aromatic carbocycles. The third-order valence-electron chi connectivity index (χ3n) is 6.16. The molecule has 8 nitrogen and oxygen atoms in total. The summed E-state index contributed by atoms with van der Waals surface area (Å²) in [6.45, 7) is 4.80. The van der Waals surface area contributed by atoms with Crippen LogP contribution in [0.5, 0.6) is 0 Å². The lowest BCUT2D eigenvalue weighted by Gasteiger charge is -2.22. The zero-order valence-electron chi connectivity index (χ0n) is 20.3. The van der Waals surface area contributed by atoms with Crippen molar-refractivity contribution in [2.24, 2.45) is 16.5 Å². The number of aliphatic imine (C=N–C) groups is 1. The number of H-pyrrole nitrogens is 1. The van der Waals surface area contributed by atoms with Gasteiger partial charge in [0.05, 0.1) is 5.56 Å². The molecule has 0 aliphatic carbocycles. The van der Waals surface area contributed by atoms with Crippen LogP contribution in [0.15, 0.2) is 46.3 Å². The molecule has 0 amide bonds. The molecule has 4 rings (SSSR count). The van der Waals surface area contributed by atoms with Crippen LogP contribution in [0.25, 0.3) is 11.1 Å². The van der Waals surface area contributed by atoms with Gasteiger partial charge in [-0.3, -0.25) is 14.7 Å². The standard InChI is InChI=1S/C26H31F2N7O/c1-16-10-23-19(12-21(16)27)13-24(32-23)33-26-31-14-20(25(36)34-26)17-4-5-18(22(28)11-17)15-35(8-2-6-29)9-3-7-30/h4-5,10-12,14H,2-3,6-9,13,15,29-30H2,1H3,(H2,31,32,33,34,36). The molecule has 0 radical (unpaired) electrons. The normalized spacial score (nSPS) is 13.9. The third-order valence-corrected chi connectivity index (χ3v) is 6.16. The van der Waals surface area contributed by atoms with Crippen molar-refractivity contribution in [3.05, 3.63) is 75.2 Å². The van der Waals surface area contributed by atoms with Crippen LogP contribution in [-0.2, 0) is 13.0 Å². The summed E-state index contributed by atoms with van der Waals surface area (Å²) in [5, 5.41) is 3.13. The summed E-state index contributed by atoms with van der Waals surface area (Å²) in [4.78, 5) is 26.1. The molecule has 1 aromatic heterocycles. The Kier molecular flexibility index (Phi) is 8.19. The monoisotopic (exact) mass is 495 g/mol. The van der Waals surface area contributed by atoms with E-state index in [2.05, 4.69) is 25.2 Å². The van der Waals surface area contributed by atoms with E-state index >= 15 is 0 Å². The van der Waals surface area contributed by atoms with Gasteiger partial charge in [0.2, 0.25) is 5.95 Å². The first kappa shape index (κ1) is 25.6. The zero-order chi connectivity index (χ0) is 25.7. The molecule has 0 bridgehead atoms. The van der Waals surface area contributed by atoms with Crippen molar-refractivity contribution in [2.75, 3.05) is 31.5 Å². The predicted octanol–water partition coefficient (Wildman–Crippen LogP) is 3.22. The van der Waals surface area contributed by atoms with Gasteiger partial charge in [0.1, 0.15) is 17.5 Å². The molecule has 0 fully saturated rings. The molecule has 0 unspecified atom stereocenters. The number of aromatic amines is 1. The minimum Gasteiger partial charge on any atom is -0.343 e. The highest BCUT2D eigenvalue weighted by atomic mass is 19.1. The second kappa shape index (κ2) is 11.5. The highest BCUT2D eigenvalue weighted by Gasteiger charge is 2.19. The number of hydrogen-bond acceptors (Lipinski definition) is 6. The van der Waals surface area contributed by atoms with Gasteiger partial charge in [-0.15, -0.1) is 0 Å².